The van der Waals surface area contributed by atoms with E-state index in [4.69, 9.17) is 11.6 Å². The van der Waals surface area contributed by atoms with Crippen LogP contribution in [0.25, 0.3) is 27.9 Å². The van der Waals surface area contributed by atoms with E-state index < -0.39 is 0 Å². The van der Waals surface area contributed by atoms with Crippen LogP contribution < -0.4 is 5.56 Å². The van der Waals surface area contributed by atoms with E-state index in [0.717, 1.165) is 28.8 Å². The van der Waals surface area contributed by atoms with Crippen molar-refractivity contribution in [2.24, 2.45) is 0 Å². The average Bonchev–Trinajstić information content (AvgIpc) is 3.11. The van der Waals surface area contributed by atoms with Crippen LogP contribution in [0, 0.1) is 6.92 Å². The molecule has 5 aromatic rings. The van der Waals surface area contributed by atoms with Crippen LogP contribution in [0.3, 0.4) is 0 Å². The molecule has 0 spiro atoms. The molecule has 0 fully saturated rings. The molecule has 2 aromatic carbocycles. The van der Waals surface area contributed by atoms with Gasteiger partial charge in [0.1, 0.15) is 6.33 Å². The summed E-state index contributed by atoms with van der Waals surface area (Å²) in [6.07, 6.45) is 2.28. The van der Waals surface area contributed by atoms with Crippen molar-refractivity contribution in [2.75, 3.05) is 0 Å². The zero-order chi connectivity index (χ0) is 20.7. The fourth-order valence-corrected chi connectivity index (χ4v) is 3.70. The summed E-state index contributed by atoms with van der Waals surface area (Å²) in [7, 11) is 0. The zero-order valence-electron chi connectivity index (χ0n) is 16.2. The van der Waals surface area contributed by atoms with Crippen LogP contribution in [0.1, 0.15) is 11.3 Å². The Morgan fingerprint density at radius 1 is 0.967 bits per heavy atom. The summed E-state index contributed by atoms with van der Waals surface area (Å²) >= 11 is 6.01. The van der Waals surface area contributed by atoms with E-state index in [1.165, 1.54) is 0 Å². The van der Waals surface area contributed by atoms with Gasteiger partial charge in [0.05, 0.1) is 11.3 Å². The van der Waals surface area contributed by atoms with Gasteiger partial charge in [0, 0.05) is 11.6 Å². The number of hydrogen-bond donors (Lipinski definition) is 0. The first kappa shape index (κ1) is 18.4. The van der Waals surface area contributed by atoms with Crippen LogP contribution in [0.15, 0.2) is 65.7 Å². The molecule has 0 aliphatic rings. The second kappa shape index (κ2) is 7.35. The Kier molecular flexibility index (Phi) is 4.52. The minimum absolute atomic E-state index is 0.197. The maximum Gasteiger partial charge on any atom is 0.283 e. The van der Waals surface area contributed by atoms with Gasteiger partial charge in [-0.15, -0.1) is 10.2 Å². The fraction of sp³-hybridized carbons (Fsp3) is 0.136. The highest BCUT2D eigenvalue weighted by atomic mass is 35.5. The van der Waals surface area contributed by atoms with Crippen molar-refractivity contribution in [1.82, 2.24) is 29.4 Å². The second-order valence-electron chi connectivity index (χ2n) is 7.05. The minimum Gasteiger partial charge on any atom is -0.297 e. The number of hydrogen-bond acceptors (Lipinski definition) is 5. The van der Waals surface area contributed by atoms with Gasteiger partial charge >= 0.3 is 0 Å². The molecule has 0 unspecified atom stereocenters. The second-order valence-corrected chi connectivity index (χ2v) is 7.49. The number of nitrogens with zero attached hydrogens (tertiary/aromatic N) is 6. The molecule has 0 saturated heterocycles. The number of rotatable bonds is 4. The summed E-state index contributed by atoms with van der Waals surface area (Å²) in [6, 6.07) is 17.5. The van der Waals surface area contributed by atoms with Crippen LogP contribution in [0.5, 0.6) is 0 Å². The molecule has 8 heteroatoms. The molecule has 0 radical (unpaired) electrons. The predicted octanol–water partition coefficient (Wildman–Crippen LogP) is 3.71. The highest BCUT2D eigenvalue weighted by molar-refractivity contribution is 6.30. The summed E-state index contributed by atoms with van der Waals surface area (Å²) in [5.74, 6) is 0. The Hall–Kier alpha value is -3.58. The number of aryl methyl sites for hydroxylation is 3. The first-order chi connectivity index (χ1) is 14.6. The topological polar surface area (TPSA) is 78.0 Å². The molecule has 3 heterocycles. The smallest absolute Gasteiger partial charge is 0.283 e. The molecular formula is C22H17ClN6O. The van der Waals surface area contributed by atoms with E-state index in [2.05, 4.69) is 20.3 Å². The lowest BCUT2D eigenvalue weighted by Gasteiger charge is -2.07. The molecule has 0 N–H and O–H groups in total. The van der Waals surface area contributed by atoms with Crippen molar-refractivity contribution in [3.63, 3.8) is 0 Å². The Balaban J connectivity index is 1.59. The van der Waals surface area contributed by atoms with Gasteiger partial charge in [-0.1, -0.05) is 54.1 Å². The van der Waals surface area contributed by atoms with Gasteiger partial charge in [-0.3, -0.25) is 9.36 Å². The molecule has 0 aliphatic heterocycles. The number of halogens is 1. The lowest BCUT2D eigenvalue weighted by atomic mass is 10.1. The van der Waals surface area contributed by atoms with Crippen molar-refractivity contribution in [3.8, 4) is 11.1 Å². The molecule has 7 nitrogen and oxygen atoms in total. The van der Waals surface area contributed by atoms with Crippen molar-refractivity contribution in [2.45, 2.75) is 19.9 Å². The first-order valence-corrected chi connectivity index (χ1v) is 9.90. The molecule has 0 amide bonds. The third-order valence-corrected chi connectivity index (χ3v) is 5.35. The Morgan fingerprint density at radius 3 is 2.50 bits per heavy atom. The largest absolute Gasteiger partial charge is 0.297 e. The summed E-state index contributed by atoms with van der Waals surface area (Å²) in [5, 5.41) is 13.8. The highest BCUT2D eigenvalue weighted by Gasteiger charge is 2.18. The molecule has 3 aromatic heterocycles. The van der Waals surface area contributed by atoms with Crippen LogP contribution in [0.2, 0.25) is 5.02 Å². The molecule has 148 valence electrons. The summed E-state index contributed by atoms with van der Waals surface area (Å²) in [4.78, 5) is 17.4. The summed E-state index contributed by atoms with van der Waals surface area (Å²) in [6.45, 7) is 2.41. The lowest BCUT2D eigenvalue weighted by Crippen LogP contribution is -2.23. The van der Waals surface area contributed by atoms with E-state index in [9.17, 15) is 4.79 Å². The maximum absolute atomic E-state index is 13.0. The number of fused-ring (bicyclic) bond motifs is 3. The summed E-state index contributed by atoms with van der Waals surface area (Å²) < 4.78 is 3.15. The Bertz CT molecular complexity index is 1420. The van der Waals surface area contributed by atoms with Gasteiger partial charge in [0.2, 0.25) is 0 Å². The quantitative estimate of drug-likeness (QED) is 0.446. The van der Waals surface area contributed by atoms with Crippen molar-refractivity contribution < 1.29 is 0 Å². The monoisotopic (exact) mass is 416 g/mol. The van der Waals surface area contributed by atoms with Crippen molar-refractivity contribution in [1.29, 1.82) is 0 Å². The van der Waals surface area contributed by atoms with Gasteiger partial charge < -0.3 is 0 Å². The van der Waals surface area contributed by atoms with E-state index in [-0.39, 0.29) is 11.1 Å². The molecule has 5 rings (SSSR count). The predicted molar refractivity (Wildman–Crippen MR) is 116 cm³/mol. The summed E-state index contributed by atoms with van der Waals surface area (Å²) in [5.41, 5.74) is 4.61. The lowest BCUT2D eigenvalue weighted by molar-refractivity contribution is 0.657. The van der Waals surface area contributed by atoms with Gasteiger partial charge in [-0.25, -0.2) is 4.98 Å². The Labute approximate surface area is 176 Å². The van der Waals surface area contributed by atoms with Crippen LogP contribution in [-0.2, 0) is 13.0 Å². The molecule has 30 heavy (non-hydrogen) atoms. The normalized spacial score (nSPS) is 11.4. The van der Waals surface area contributed by atoms with Gasteiger partial charge in [0.15, 0.2) is 16.8 Å². The van der Waals surface area contributed by atoms with E-state index in [0.29, 0.717) is 22.9 Å². The van der Waals surface area contributed by atoms with Crippen molar-refractivity contribution in [3.05, 3.63) is 87.6 Å². The van der Waals surface area contributed by atoms with E-state index in [1.54, 1.807) is 15.4 Å². The molecule has 0 atom stereocenters. The molecule has 0 bridgehead atoms. The van der Waals surface area contributed by atoms with Gasteiger partial charge in [-0.2, -0.15) is 9.61 Å². The first-order valence-electron chi connectivity index (χ1n) is 9.53. The van der Waals surface area contributed by atoms with Crippen LogP contribution in [0.4, 0.5) is 0 Å². The van der Waals surface area contributed by atoms with Gasteiger partial charge in [-0.05, 0) is 36.6 Å². The molecule has 0 saturated carbocycles. The zero-order valence-corrected chi connectivity index (χ0v) is 16.9. The Morgan fingerprint density at radius 2 is 1.73 bits per heavy atom. The average molecular weight is 417 g/mol. The van der Waals surface area contributed by atoms with Crippen molar-refractivity contribution >= 4 is 28.4 Å². The number of aromatic nitrogens is 6. The van der Waals surface area contributed by atoms with Crippen LogP contribution in [-0.4, -0.2) is 29.4 Å². The van der Waals surface area contributed by atoms with E-state index >= 15 is 0 Å². The SMILES string of the molecule is Cc1nn2c(nnc3c(=O)n(CCc4ccccc4)cnc32)c1-c1ccc(Cl)cc1. The molecular weight excluding hydrogens is 400 g/mol. The number of benzene rings is 2. The van der Waals surface area contributed by atoms with Gasteiger partial charge in [0.25, 0.3) is 5.56 Å². The standard InChI is InChI=1S/C22H17ClN6O/c1-14-18(16-7-9-17(23)10-8-16)20-26-25-19-21(29(20)27-14)24-13-28(22(19)30)12-11-15-5-3-2-4-6-15/h2-10,13H,11-12H2,1H3. The van der Waals surface area contributed by atoms with E-state index in [1.807, 2.05) is 61.5 Å². The third-order valence-electron chi connectivity index (χ3n) is 5.09. The molecule has 0 aliphatic carbocycles. The highest BCUT2D eigenvalue weighted by Crippen LogP contribution is 2.28. The maximum atomic E-state index is 13.0. The third kappa shape index (κ3) is 3.13. The minimum atomic E-state index is -0.230. The van der Waals surface area contributed by atoms with Crippen LogP contribution >= 0.6 is 11.6 Å². The fourth-order valence-electron chi connectivity index (χ4n) is 3.57.